The van der Waals surface area contributed by atoms with Crippen LogP contribution in [0.25, 0.3) is 0 Å². The van der Waals surface area contributed by atoms with Gasteiger partial charge in [-0.3, -0.25) is 4.79 Å². The van der Waals surface area contributed by atoms with Crippen LogP contribution in [0.15, 0.2) is 18.3 Å². The van der Waals surface area contributed by atoms with Crippen molar-refractivity contribution < 1.29 is 4.79 Å². The standard InChI is InChI=1S/C16H25N3O/c1-3-6-13-10-15(20)19(11-13)12-14-7-5-9-18-16(14)17-8-4-2/h5,7,9,13H,3-4,6,8,10-12H2,1-2H3,(H,17,18). The molecule has 0 aliphatic carbocycles. The molecule has 1 aromatic rings. The number of nitrogens with zero attached hydrogens (tertiary/aromatic N) is 2. The first-order valence-corrected chi connectivity index (χ1v) is 7.70. The average molecular weight is 275 g/mol. The average Bonchev–Trinajstić information content (AvgIpc) is 2.78. The number of amides is 1. The molecule has 1 unspecified atom stereocenters. The monoisotopic (exact) mass is 275 g/mol. The van der Waals surface area contributed by atoms with Crippen molar-refractivity contribution in [1.82, 2.24) is 9.88 Å². The number of anilines is 1. The molecule has 0 aromatic carbocycles. The van der Waals surface area contributed by atoms with Crippen LogP contribution in [0, 0.1) is 5.92 Å². The maximum atomic E-state index is 12.1. The number of carbonyl (C=O) groups excluding carboxylic acids is 1. The lowest BCUT2D eigenvalue weighted by atomic mass is 10.0. The largest absolute Gasteiger partial charge is 0.370 e. The van der Waals surface area contributed by atoms with Crippen LogP contribution in [-0.4, -0.2) is 28.9 Å². The molecular formula is C16H25N3O. The summed E-state index contributed by atoms with van der Waals surface area (Å²) < 4.78 is 0. The number of hydrogen-bond acceptors (Lipinski definition) is 3. The van der Waals surface area contributed by atoms with E-state index in [2.05, 4.69) is 30.2 Å². The van der Waals surface area contributed by atoms with Crippen LogP contribution in [0.2, 0.25) is 0 Å². The van der Waals surface area contributed by atoms with Crippen LogP contribution in [0.4, 0.5) is 5.82 Å². The van der Waals surface area contributed by atoms with Gasteiger partial charge < -0.3 is 10.2 Å². The molecule has 1 fully saturated rings. The second-order valence-electron chi connectivity index (χ2n) is 5.57. The molecule has 1 N–H and O–H groups in total. The highest BCUT2D eigenvalue weighted by Gasteiger charge is 2.29. The molecule has 2 heterocycles. The number of hydrogen-bond donors (Lipinski definition) is 1. The smallest absolute Gasteiger partial charge is 0.223 e. The Hall–Kier alpha value is -1.58. The highest BCUT2D eigenvalue weighted by atomic mass is 16.2. The molecule has 1 amide bonds. The molecule has 0 bridgehead atoms. The third-order valence-corrected chi connectivity index (χ3v) is 3.79. The third kappa shape index (κ3) is 3.71. The van der Waals surface area contributed by atoms with Crippen LogP contribution in [0.1, 0.15) is 45.1 Å². The van der Waals surface area contributed by atoms with Gasteiger partial charge in [0, 0.05) is 37.8 Å². The van der Waals surface area contributed by atoms with Crippen LogP contribution in [-0.2, 0) is 11.3 Å². The molecule has 2 rings (SSSR count). The number of pyridine rings is 1. The summed E-state index contributed by atoms with van der Waals surface area (Å²) in [6.45, 7) is 6.81. The van der Waals surface area contributed by atoms with E-state index < -0.39 is 0 Å². The van der Waals surface area contributed by atoms with Crippen molar-refractivity contribution in [3.05, 3.63) is 23.9 Å². The second kappa shape index (κ2) is 7.27. The maximum Gasteiger partial charge on any atom is 0.223 e. The first kappa shape index (κ1) is 14.8. The third-order valence-electron chi connectivity index (χ3n) is 3.79. The first-order chi connectivity index (χ1) is 9.74. The van der Waals surface area contributed by atoms with Crippen molar-refractivity contribution in [3.8, 4) is 0 Å². The number of carbonyl (C=O) groups is 1. The molecule has 0 saturated carbocycles. The van der Waals surface area contributed by atoms with Gasteiger partial charge in [-0.1, -0.05) is 26.3 Å². The van der Waals surface area contributed by atoms with Crippen LogP contribution >= 0.6 is 0 Å². The zero-order valence-electron chi connectivity index (χ0n) is 12.6. The second-order valence-corrected chi connectivity index (χ2v) is 5.57. The van der Waals surface area contributed by atoms with Gasteiger partial charge in [-0.25, -0.2) is 4.98 Å². The zero-order chi connectivity index (χ0) is 14.4. The van der Waals surface area contributed by atoms with Crippen LogP contribution in [0.5, 0.6) is 0 Å². The summed E-state index contributed by atoms with van der Waals surface area (Å²) in [7, 11) is 0. The van der Waals surface area contributed by atoms with Crippen molar-refractivity contribution in [3.63, 3.8) is 0 Å². The molecule has 1 saturated heterocycles. The first-order valence-electron chi connectivity index (χ1n) is 7.70. The van der Waals surface area contributed by atoms with E-state index in [4.69, 9.17) is 0 Å². The quantitative estimate of drug-likeness (QED) is 0.832. The van der Waals surface area contributed by atoms with Gasteiger partial charge in [0.15, 0.2) is 0 Å². The molecule has 0 radical (unpaired) electrons. The van der Waals surface area contributed by atoms with Gasteiger partial charge in [0.2, 0.25) is 5.91 Å². The van der Waals surface area contributed by atoms with E-state index in [1.165, 1.54) is 0 Å². The van der Waals surface area contributed by atoms with Gasteiger partial charge >= 0.3 is 0 Å². The van der Waals surface area contributed by atoms with Gasteiger partial charge in [-0.2, -0.15) is 0 Å². The highest BCUT2D eigenvalue weighted by Crippen LogP contribution is 2.25. The summed E-state index contributed by atoms with van der Waals surface area (Å²) in [4.78, 5) is 18.4. The fourth-order valence-electron chi connectivity index (χ4n) is 2.78. The molecule has 4 nitrogen and oxygen atoms in total. The molecule has 110 valence electrons. The van der Waals surface area contributed by atoms with Crippen molar-refractivity contribution >= 4 is 11.7 Å². The molecule has 0 spiro atoms. The van der Waals surface area contributed by atoms with Crippen LogP contribution in [0.3, 0.4) is 0 Å². The fraction of sp³-hybridized carbons (Fsp3) is 0.625. The van der Waals surface area contributed by atoms with Gasteiger partial charge in [0.05, 0.1) is 0 Å². The van der Waals surface area contributed by atoms with Gasteiger partial charge in [-0.05, 0) is 24.8 Å². The van der Waals surface area contributed by atoms with Crippen molar-refractivity contribution in [2.24, 2.45) is 5.92 Å². The Morgan fingerprint density at radius 2 is 2.25 bits per heavy atom. The Balaban J connectivity index is 2.01. The van der Waals surface area contributed by atoms with Crippen molar-refractivity contribution in [2.45, 2.75) is 46.1 Å². The Labute approximate surface area is 121 Å². The van der Waals surface area contributed by atoms with E-state index in [1.54, 1.807) is 6.20 Å². The number of likely N-dealkylation sites (tertiary alicyclic amines) is 1. The van der Waals surface area contributed by atoms with E-state index in [0.717, 1.165) is 43.7 Å². The summed E-state index contributed by atoms with van der Waals surface area (Å²) in [5.41, 5.74) is 1.12. The number of aromatic nitrogens is 1. The van der Waals surface area contributed by atoms with E-state index in [9.17, 15) is 4.79 Å². The maximum absolute atomic E-state index is 12.1. The summed E-state index contributed by atoms with van der Waals surface area (Å²) in [5, 5.41) is 3.34. The Bertz CT molecular complexity index is 447. The number of rotatable bonds is 7. The van der Waals surface area contributed by atoms with E-state index >= 15 is 0 Å². The minimum absolute atomic E-state index is 0.286. The summed E-state index contributed by atoms with van der Waals surface area (Å²) >= 11 is 0. The SMILES string of the molecule is CCCNc1ncccc1CN1CC(CCC)CC1=O. The predicted octanol–water partition coefficient (Wildman–Crippen LogP) is 3.05. The minimum Gasteiger partial charge on any atom is -0.370 e. The Morgan fingerprint density at radius 1 is 1.40 bits per heavy atom. The van der Waals surface area contributed by atoms with Crippen molar-refractivity contribution in [2.75, 3.05) is 18.4 Å². The Morgan fingerprint density at radius 3 is 3.00 bits per heavy atom. The fourth-order valence-corrected chi connectivity index (χ4v) is 2.78. The molecule has 20 heavy (non-hydrogen) atoms. The molecule has 1 aromatic heterocycles. The van der Waals surface area contributed by atoms with Crippen LogP contribution < -0.4 is 5.32 Å². The minimum atomic E-state index is 0.286. The molecular weight excluding hydrogens is 250 g/mol. The lowest BCUT2D eigenvalue weighted by Gasteiger charge is -2.18. The van der Waals surface area contributed by atoms with Gasteiger partial charge in [0.25, 0.3) is 0 Å². The lowest BCUT2D eigenvalue weighted by molar-refractivity contribution is -0.128. The lowest BCUT2D eigenvalue weighted by Crippen LogP contribution is -2.25. The van der Waals surface area contributed by atoms with E-state index in [-0.39, 0.29) is 5.91 Å². The zero-order valence-corrected chi connectivity index (χ0v) is 12.6. The van der Waals surface area contributed by atoms with Crippen molar-refractivity contribution in [1.29, 1.82) is 0 Å². The predicted molar refractivity (Wildman–Crippen MR) is 81.4 cm³/mol. The normalized spacial score (nSPS) is 18.6. The topological polar surface area (TPSA) is 45.2 Å². The van der Waals surface area contributed by atoms with Gasteiger partial charge in [-0.15, -0.1) is 0 Å². The molecule has 1 aliphatic rings. The van der Waals surface area contributed by atoms with Gasteiger partial charge in [0.1, 0.15) is 5.82 Å². The van der Waals surface area contributed by atoms with E-state index in [0.29, 0.717) is 18.9 Å². The summed E-state index contributed by atoms with van der Waals surface area (Å²) in [6.07, 6.45) is 5.88. The molecule has 1 atom stereocenters. The Kier molecular flexibility index (Phi) is 5.39. The number of nitrogens with one attached hydrogen (secondary N) is 1. The molecule has 1 aliphatic heterocycles. The summed E-state index contributed by atoms with van der Waals surface area (Å²) in [6, 6.07) is 4.00. The molecule has 4 heteroatoms. The van der Waals surface area contributed by atoms with E-state index in [1.807, 2.05) is 11.0 Å². The highest BCUT2D eigenvalue weighted by molar-refractivity contribution is 5.78. The summed E-state index contributed by atoms with van der Waals surface area (Å²) in [5.74, 6) is 1.74.